The molecule has 2 N–H and O–H groups in total. The molecule has 4 rings (SSSR count). The van der Waals surface area contributed by atoms with E-state index in [-0.39, 0.29) is 17.6 Å². The molecule has 0 fully saturated rings. The van der Waals surface area contributed by atoms with E-state index >= 15 is 0 Å². The number of aryl methyl sites for hydroxylation is 1. The van der Waals surface area contributed by atoms with Gasteiger partial charge in [0.15, 0.2) is 11.9 Å². The van der Waals surface area contributed by atoms with Gasteiger partial charge in [-0.1, -0.05) is 41.4 Å². The van der Waals surface area contributed by atoms with Gasteiger partial charge in [0.1, 0.15) is 11.3 Å². The third kappa shape index (κ3) is 5.30. The second-order valence-corrected chi connectivity index (χ2v) is 8.30. The van der Waals surface area contributed by atoms with Gasteiger partial charge < -0.3 is 19.8 Å². The van der Waals surface area contributed by atoms with Crippen molar-refractivity contribution in [2.24, 2.45) is 0 Å². The van der Waals surface area contributed by atoms with E-state index in [4.69, 9.17) is 32.4 Å². The summed E-state index contributed by atoms with van der Waals surface area (Å²) in [5.74, 6) is -0.115. The molecule has 0 bridgehead atoms. The van der Waals surface area contributed by atoms with Crippen LogP contribution in [0.1, 0.15) is 23.0 Å². The van der Waals surface area contributed by atoms with Crippen molar-refractivity contribution >= 4 is 57.4 Å². The van der Waals surface area contributed by atoms with Gasteiger partial charge in [-0.05, 0) is 67.9 Å². The van der Waals surface area contributed by atoms with Crippen molar-refractivity contribution in [1.82, 2.24) is 0 Å². The Kier molecular flexibility index (Phi) is 6.58. The number of nitrogens with one attached hydrogen (secondary N) is 2. The number of anilines is 2. The first-order valence-electron chi connectivity index (χ1n) is 10.1. The quantitative estimate of drug-likeness (QED) is 0.320. The van der Waals surface area contributed by atoms with E-state index in [1.54, 1.807) is 55.5 Å². The van der Waals surface area contributed by atoms with Crippen LogP contribution < -0.4 is 15.4 Å². The number of para-hydroxylation sites is 1. The molecule has 8 heteroatoms. The zero-order chi connectivity index (χ0) is 23.5. The first-order valence-corrected chi connectivity index (χ1v) is 10.9. The highest BCUT2D eigenvalue weighted by Crippen LogP contribution is 2.29. The van der Waals surface area contributed by atoms with Crippen LogP contribution in [0.3, 0.4) is 0 Å². The fraction of sp³-hybridized carbons (Fsp3) is 0.120. The third-order valence-electron chi connectivity index (χ3n) is 4.96. The Morgan fingerprint density at radius 1 is 0.970 bits per heavy atom. The molecule has 0 saturated heterocycles. The molecule has 0 radical (unpaired) electrons. The second kappa shape index (κ2) is 9.57. The summed E-state index contributed by atoms with van der Waals surface area (Å²) in [7, 11) is 0. The van der Waals surface area contributed by atoms with E-state index in [9.17, 15) is 9.59 Å². The van der Waals surface area contributed by atoms with Gasteiger partial charge in [-0.25, -0.2) is 0 Å². The van der Waals surface area contributed by atoms with E-state index in [0.717, 1.165) is 10.9 Å². The Balaban J connectivity index is 1.40. The molecule has 3 aromatic carbocycles. The lowest BCUT2D eigenvalue weighted by atomic mass is 10.1. The van der Waals surface area contributed by atoms with Crippen molar-refractivity contribution in [3.63, 3.8) is 0 Å². The van der Waals surface area contributed by atoms with Crippen molar-refractivity contribution in [2.75, 3.05) is 10.6 Å². The minimum atomic E-state index is -0.795. The maximum absolute atomic E-state index is 12.6. The van der Waals surface area contributed by atoms with E-state index in [1.807, 2.05) is 25.1 Å². The molecule has 2 amide bonds. The number of rotatable bonds is 6. The smallest absolute Gasteiger partial charge is 0.291 e. The summed E-state index contributed by atoms with van der Waals surface area (Å²) in [5, 5.41) is 7.29. The molecule has 0 unspecified atom stereocenters. The number of halogens is 2. The molecule has 0 spiro atoms. The van der Waals surface area contributed by atoms with Gasteiger partial charge in [-0.15, -0.1) is 0 Å². The predicted octanol–water partition coefficient (Wildman–Crippen LogP) is 6.71. The molecule has 4 aromatic rings. The molecular formula is C25H20Cl2N2O4. The Bertz CT molecular complexity index is 1320. The normalized spacial score (nSPS) is 11.8. The van der Waals surface area contributed by atoms with Gasteiger partial charge >= 0.3 is 0 Å². The summed E-state index contributed by atoms with van der Waals surface area (Å²) >= 11 is 12.0. The highest BCUT2D eigenvalue weighted by atomic mass is 35.5. The van der Waals surface area contributed by atoms with Gasteiger partial charge in [0.2, 0.25) is 0 Å². The third-order valence-corrected chi connectivity index (χ3v) is 5.49. The fourth-order valence-electron chi connectivity index (χ4n) is 3.22. The zero-order valence-electron chi connectivity index (χ0n) is 17.8. The van der Waals surface area contributed by atoms with Crippen LogP contribution >= 0.6 is 23.2 Å². The number of fused-ring (bicyclic) bond motifs is 1. The number of hydrogen-bond donors (Lipinski definition) is 2. The molecule has 1 aromatic heterocycles. The van der Waals surface area contributed by atoms with Crippen molar-refractivity contribution in [2.45, 2.75) is 20.0 Å². The lowest BCUT2D eigenvalue weighted by Gasteiger charge is -2.16. The molecule has 1 atom stereocenters. The van der Waals surface area contributed by atoms with Gasteiger partial charge in [0.25, 0.3) is 11.8 Å². The van der Waals surface area contributed by atoms with Crippen molar-refractivity contribution in [3.8, 4) is 5.75 Å². The Morgan fingerprint density at radius 2 is 1.76 bits per heavy atom. The molecule has 0 aliphatic carbocycles. The number of ether oxygens (including phenoxy) is 1. The minimum Gasteiger partial charge on any atom is -0.479 e. The monoisotopic (exact) mass is 482 g/mol. The second-order valence-electron chi connectivity index (χ2n) is 7.46. The van der Waals surface area contributed by atoms with Crippen LogP contribution in [0.15, 0.2) is 71.1 Å². The standard InChI is InChI=1S/C25H20Cl2N2O4/c1-14-11-18(28-24(30)15(2)32-22-10-7-17(26)13-19(22)27)8-9-20(14)29-25(31)23-12-16-5-3-4-6-21(16)33-23/h3-13,15H,1-2H3,(H,28,30)(H,29,31)/t15-/m0/s1. The number of carbonyl (C=O) groups excluding carboxylic acids is 2. The van der Waals surface area contributed by atoms with E-state index in [2.05, 4.69) is 10.6 Å². The Morgan fingerprint density at radius 3 is 2.48 bits per heavy atom. The Labute approximate surface area is 200 Å². The van der Waals surface area contributed by atoms with Crippen LogP contribution in [-0.4, -0.2) is 17.9 Å². The minimum absolute atomic E-state index is 0.222. The molecular weight excluding hydrogens is 463 g/mol. The molecule has 0 saturated carbocycles. The fourth-order valence-corrected chi connectivity index (χ4v) is 3.67. The molecule has 33 heavy (non-hydrogen) atoms. The molecule has 6 nitrogen and oxygen atoms in total. The average molecular weight is 483 g/mol. The molecule has 0 aliphatic heterocycles. The first-order chi connectivity index (χ1) is 15.8. The lowest BCUT2D eigenvalue weighted by molar-refractivity contribution is -0.122. The van der Waals surface area contributed by atoms with Crippen LogP contribution in [0, 0.1) is 6.92 Å². The van der Waals surface area contributed by atoms with Gasteiger partial charge in [-0.2, -0.15) is 0 Å². The van der Waals surface area contributed by atoms with Gasteiger partial charge in [-0.3, -0.25) is 9.59 Å². The van der Waals surface area contributed by atoms with Gasteiger partial charge in [0, 0.05) is 21.8 Å². The van der Waals surface area contributed by atoms with Crippen LogP contribution in [-0.2, 0) is 4.79 Å². The van der Waals surface area contributed by atoms with E-state index < -0.39 is 6.10 Å². The molecule has 0 aliphatic rings. The van der Waals surface area contributed by atoms with E-state index in [0.29, 0.717) is 32.8 Å². The maximum atomic E-state index is 12.6. The number of hydrogen-bond acceptors (Lipinski definition) is 4. The lowest BCUT2D eigenvalue weighted by Crippen LogP contribution is -2.30. The molecule has 1 heterocycles. The van der Waals surface area contributed by atoms with Crippen molar-refractivity contribution in [3.05, 3.63) is 88.1 Å². The topological polar surface area (TPSA) is 80.6 Å². The van der Waals surface area contributed by atoms with E-state index in [1.165, 1.54) is 0 Å². The average Bonchev–Trinajstić information content (AvgIpc) is 3.22. The largest absolute Gasteiger partial charge is 0.479 e. The number of amides is 2. The summed E-state index contributed by atoms with van der Waals surface area (Å²) in [6, 6.07) is 19.1. The van der Waals surface area contributed by atoms with Crippen molar-refractivity contribution in [1.29, 1.82) is 0 Å². The summed E-state index contributed by atoms with van der Waals surface area (Å²) in [4.78, 5) is 25.2. The zero-order valence-corrected chi connectivity index (χ0v) is 19.3. The molecule has 168 valence electrons. The predicted molar refractivity (Wildman–Crippen MR) is 131 cm³/mol. The SMILES string of the molecule is Cc1cc(NC(=O)[C@H](C)Oc2ccc(Cl)cc2Cl)ccc1NC(=O)c1cc2ccccc2o1. The highest BCUT2D eigenvalue weighted by molar-refractivity contribution is 6.35. The summed E-state index contributed by atoms with van der Waals surface area (Å²) in [5.41, 5.74) is 2.59. The van der Waals surface area contributed by atoms with Crippen LogP contribution in [0.25, 0.3) is 11.0 Å². The summed E-state index contributed by atoms with van der Waals surface area (Å²) in [6.45, 7) is 3.45. The van der Waals surface area contributed by atoms with Crippen LogP contribution in [0.4, 0.5) is 11.4 Å². The van der Waals surface area contributed by atoms with Gasteiger partial charge in [0.05, 0.1) is 5.02 Å². The van der Waals surface area contributed by atoms with Crippen molar-refractivity contribution < 1.29 is 18.7 Å². The number of furan rings is 1. The highest BCUT2D eigenvalue weighted by Gasteiger charge is 2.18. The summed E-state index contributed by atoms with van der Waals surface area (Å²) in [6.07, 6.45) is -0.795. The number of benzene rings is 3. The van der Waals surface area contributed by atoms with Crippen LogP contribution in [0.2, 0.25) is 10.0 Å². The van der Waals surface area contributed by atoms with Crippen LogP contribution in [0.5, 0.6) is 5.75 Å². The Hall–Kier alpha value is -3.48. The number of carbonyl (C=O) groups is 2. The summed E-state index contributed by atoms with van der Waals surface area (Å²) < 4.78 is 11.3. The maximum Gasteiger partial charge on any atom is 0.291 e. The first kappa shape index (κ1) is 22.7.